The zero-order valence-electron chi connectivity index (χ0n) is 30.4. The topological polar surface area (TPSA) is 163 Å². The lowest BCUT2D eigenvalue weighted by Crippen LogP contribution is -2.60. The fourth-order valence-corrected chi connectivity index (χ4v) is 7.25. The minimum absolute atomic E-state index is 0.0267. The highest BCUT2D eigenvalue weighted by molar-refractivity contribution is 6.38. The monoisotopic (exact) mass is 707 g/mol. The van der Waals surface area contributed by atoms with Crippen molar-refractivity contribution in [3.05, 3.63) is 61.2 Å². The van der Waals surface area contributed by atoms with Gasteiger partial charge in [0.05, 0.1) is 6.04 Å². The third kappa shape index (κ3) is 9.77. The van der Waals surface area contributed by atoms with Crippen LogP contribution >= 0.6 is 0 Å². The second kappa shape index (κ2) is 16.6. The number of hydrogen-bond donors (Lipinski definition) is 3. The number of Topliss-reactive ketones (excluding diaryl/α,β-unsaturated/α-hetero) is 1. The Kier molecular flexibility index (Phi) is 12.7. The van der Waals surface area contributed by atoms with Gasteiger partial charge in [0, 0.05) is 26.2 Å². The van der Waals surface area contributed by atoms with Gasteiger partial charge in [0.2, 0.25) is 17.6 Å². The smallest absolute Gasteiger partial charge is 0.410 e. The molecule has 5 atom stereocenters. The summed E-state index contributed by atoms with van der Waals surface area (Å²) in [6.07, 6.45) is 3.14. The highest BCUT2D eigenvalue weighted by atomic mass is 16.6. The van der Waals surface area contributed by atoms with E-state index in [1.807, 2.05) is 44.2 Å². The first-order valence-corrected chi connectivity index (χ1v) is 17.7. The number of allylic oxidation sites excluding steroid dienone is 1. The lowest BCUT2D eigenvalue weighted by Gasteiger charge is -2.39. The molecule has 278 valence electrons. The van der Waals surface area contributed by atoms with Crippen LogP contribution in [-0.4, -0.2) is 95.4 Å². The number of hydrogen-bond acceptors (Lipinski definition) is 8. The summed E-state index contributed by atoms with van der Waals surface area (Å²) in [6.45, 7) is 17.6. The van der Waals surface area contributed by atoms with E-state index in [-0.39, 0.29) is 49.3 Å². The maximum atomic E-state index is 14.5. The third-order valence-corrected chi connectivity index (χ3v) is 10.1. The maximum absolute atomic E-state index is 14.5. The summed E-state index contributed by atoms with van der Waals surface area (Å²) >= 11 is 0. The number of amides is 5. The molecule has 5 amide bonds. The molecular formula is C38H53N5O8. The molecule has 4 rings (SSSR count). The van der Waals surface area contributed by atoms with Gasteiger partial charge >= 0.3 is 12.2 Å². The number of nitrogens with one attached hydrogen (secondary N) is 3. The van der Waals surface area contributed by atoms with E-state index in [0.29, 0.717) is 32.4 Å². The first-order valence-electron chi connectivity index (χ1n) is 17.7. The van der Waals surface area contributed by atoms with Crippen LogP contribution in [0.3, 0.4) is 0 Å². The van der Waals surface area contributed by atoms with Crippen molar-refractivity contribution in [3.8, 4) is 0 Å². The average molecular weight is 708 g/mol. The lowest BCUT2D eigenvalue weighted by molar-refractivity contribution is -0.145. The molecule has 1 aliphatic carbocycles. The molecule has 3 aliphatic rings. The zero-order chi connectivity index (χ0) is 37.5. The van der Waals surface area contributed by atoms with Crippen molar-refractivity contribution in [2.45, 2.75) is 90.6 Å². The van der Waals surface area contributed by atoms with Crippen molar-refractivity contribution in [2.24, 2.45) is 23.2 Å². The predicted molar refractivity (Wildman–Crippen MR) is 190 cm³/mol. The van der Waals surface area contributed by atoms with Crippen molar-refractivity contribution < 1.29 is 38.2 Å². The molecule has 5 unspecified atom stereocenters. The molecular weight excluding hydrogens is 654 g/mol. The molecule has 1 aromatic rings. The first kappa shape index (κ1) is 39.1. The second-order valence-electron chi connectivity index (χ2n) is 15.2. The molecule has 0 aromatic heterocycles. The number of rotatable bonds is 14. The van der Waals surface area contributed by atoms with Gasteiger partial charge in [-0.3, -0.25) is 19.2 Å². The summed E-state index contributed by atoms with van der Waals surface area (Å²) in [5.74, 6) is -3.14. The molecule has 1 aromatic carbocycles. The number of benzene rings is 1. The number of likely N-dealkylation sites (tertiary alicyclic amines) is 2. The van der Waals surface area contributed by atoms with E-state index in [1.165, 1.54) is 11.0 Å². The number of ether oxygens (including phenoxy) is 2. The second-order valence-corrected chi connectivity index (χ2v) is 15.2. The number of carbonyl (C=O) groups is 6. The fourth-order valence-electron chi connectivity index (χ4n) is 7.25. The first-order chi connectivity index (χ1) is 24.1. The molecule has 2 aliphatic heterocycles. The van der Waals surface area contributed by atoms with E-state index < -0.39 is 59.4 Å². The van der Waals surface area contributed by atoms with Gasteiger partial charge in [0.15, 0.2) is 0 Å². The highest BCUT2D eigenvalue weighted by Crippen LogP contribution is 2.65. The molecule has 51 heavy (non-hydrogen) atoms. The Labute approximate surface area is 300 Å². The number of alkyl carbamates (subject to hydrolysis) is 1. The quantitative estimate of drug-likeness (QED) is 0.195. The maximum Gasteiger partial charge on any atom is 0.410 e. The van der Waals surface area contributed by atoms with Crippen LogP contribution < -0.4 is 16.0 Å². The Hall–Kier alpha value is -4.68. The van der Waals surface area contributed by atoms with Crippen LogP contribution in [0, 0.1) is 23.2 Å². The van der Waals surface area contributed by atoms with Crippen molar-refractivity contribution in [3.63, 3.8) is 0 Å². The van der Waals surface area contributed by atoms with E-state index in [0.717, 1.165) is 5.56 Å². The van der Waals surface area contributed by atoms with Crippen LogP contribution in [0.25, 0.3) is 0 Å². The summed E-state index contributed by atoms with van der Waals surface area (Å²) in [6, 6.07) is 6.27. The van der Waals surface area contributed by atoms with Crippen LogP contribution in [0.4, 0.5) is 9.59 Å². The number of carbonyl (C=O) groups excluding carboxylic acids is 6. The summed E-state index contributed by atoms with van der Waals surface area (Å²) in [4.78, 5) is 83.4. The van der Waals surface area contributed by atoms with E-state index in [4.69, 9.17) is 9.47 Å². The molecule has 2 saturated heterocycles. The molecule has 0 bridgehead atoms. The molecule has 0 spiro atoms. The Morgan fingerprint density at radius 2 is 1.67 bits per heavy atom. The highest BCUT2D eigenvalue weighted by Gasteiger charge is 2.69. The molecule has 1 saturated carbocycles. The summed E-state index contributed by atoms with van der Waals surface area (Å²) < 4.78 is 11.0. The fraction of sp³-hybridized carbons (Fsp3) is 0.579. The summed E-state index contributed by atoms with van der Waals surface area (Å²) in [5, 5.41) is 8.04. The van der Waals surface area contributed by atoms with Gasteiger partial charge in [0.25, 0.3) is 5.91 Å². The molecule has 13 nitrogen and oxygen atoms in total. The normalized spacial score (nSPS) is 22.0. The number of fused-ring (bicyclic) bond motifs is 1. The van der Waals surface area contributed by atoms with Crippen LogP contribution in [-0.2, 0) is 35.3 Å². The average Bonchev–Trinajstić information content (AvgIpc) is 3.39. The predicted octanol–water partition coefficient (Wildman–Crippen LogP) is 3.73. The SMILES string of the molecule is C=CCCC(NC(=O)C1C2C(CN1C(=O)C(NC(=O)OC(C)(C)C)C1CCN(C(=O)OCc3ccccc3)CC1)C2(C)C)C(=O)C(=O)NCC=C. The van der Waals surface area contributed by atoms with Crippen molar-refractivity contribution in [1.82, 2.24) is 25.8 Å². The number of ketones is 1. The Bertz CT molecular complexity index is 1480. The van der Waals surface area contributed by atoms with E-state index >= 15 is 0 Å². The van der Waals surface area contributed by atoms with Crippen LogP contribution in [0.2, 0.25) is 0 Å². The zero-order valence-corrected chi connectivity index (χ0v) is 30.4. The van der Waals surface area contributed by atoms with Crippen molar-refractivity contribution in [1.29, 1.82) is 0 Å². The minimum atomic E-state index is -1.13. The van der Waals surface area contributed by atoms with Crippen molar-refractivity contribution >= 4 is 35.7 Å². The Morgan fingerprint density at radius 1 is 1.00 bits per heavy atom. The van der Waals surface area contributed by atoms with Crippen LogP contribution in [0.15, 0.2) is 55.6 Å². The number of piperidine rings is 2. The van der Waals surface area contributed by atoms with Gasteiger partial charge in [0.1, 0.15) is 24.3 Å². The molecule has 3 fully saturated rings. The Balaban J connectivity index is 1.52. The van der Waals surface area contributed by atoms with Gasteiger partial charge in [-0.2, -0.15) is 0 Å². The molecule has 3 N–H and O–H groups in total. The minimum Gasteiger partial charge on any atom is -0.445 e. The lowest BCUT2D eigenvalue weighted by atomic mass is 9.88. The molecule has 0 radical (unpaired) electrons. The van der Waals surface area contributed by atoms with Gasteiger partial charge in [-0.05, 0) is 75.2 Å². The van der Waals surface area contributed by atoms with E-state index in [2.05, 4.69) is 29.1 Å². The number of nitrogens with zero attached hydrogens (tertiary/aromatic N) is 2. The molecule has 13 heteroatoms. The van der Waals surface area contributed by atoms with E-state index in [1.54, 1.807) is 31.7 Å². The Morgan fingerprint density at radius 3 is 2.27 bits per heavy atom. The van der Waals surface area contributed by atoms with E-state index in [9.17, 15) is 28.8 Å². The van der Waals surface area contributed by atoms with Crippen molar-refractivity contribution in [2.75, 3.05) is 26.2 Å². The largest absolute Gasteiger partial charge is 0.445 e. The standard InChI is InChI=1S/C38H53N5O8/c1-8-10-16-27(31(44)33(46)39-19-9-2)40-32(45)30-28-26(38(28,6)7)22-43(30)34(47)29(41-35(48)51-37(3,4)5)25-17-20-42(21-18-25)36(49)50-23-24-14-12-11-13-15-24/h8-9,11-15,25-30H,1-2,10,16-23H2,3-7H3,(H,39,46)(H,40,45)(H,41,48). The molecule has 2 heterocycles. The van der Waals surface area contributed by atoms with Gasteiger partial charge < -0.3 is 35.2 Å². The van der Waals surface area contributed by atoms with Crippen LogP contribution in [0.5, 0.6) is 0 Å². The van der Waals surface area contributed by atoms with Gasteiger partial charge in [-0.1, -0.05) is 56.3 Å². The summed E-state index contributed by atoms with van der Waals surface area (Å²) in [7, 11) is 0. The van der Waals surface area contributed by atoms with Gasteiger partial charge in [-0.25, -0.2) is 9.59 Å². The summed E-state index contributed by atoms with van der Waals surface area (Å²) in [5.41, 5.74) is -0.193. The third-order valence-electron chi connectivity index (χ3n) is 10.1. The van der Waals surface area contributed by atoms with Gasteiger partial charge in [-0.15, -0.1) is 13.2 Å². The van der Waals surface area contributed by atoms with Crippen LogP contribution in [0.1, 0.15) is 65.9 Å².